The highest BCUT2D eigenvalue weighted by molar-refractivity contribution is 5.05. The van der Waals surface area contributed by atoms with Gasteiger partial charge < -0.3 is 5.32 Å². The van der Waals surface area contributed by atoms with Crippen molar-refractivity contribution in [3.05, 3.63) is 0 Å². The zero-order valence-electron chi connectivity index (χ0n) is 11.0. The van der Waals surface area contributed by atoms with Crippen LogP contribution in [0.5, 0.6) is 0 Å². The third kappa shape index (κ3) is 1.67. The zero-order valence-corrected chi connectivity index (χ0v) is 11.0. The number of hydrogen-bond donors (Lipinski definition) is 1. The summed E-state index contributed by atoms with van der Waals surface area (Å²) in [6.07, 6.45) is 13.3. The monoisotopic (exact) mass is 234 g/mol. The molecule has 6 fully saturated rings. The molecule has 0 spiro atoms. The molecule has 4 aliphatic heterocycles. The van der Waals surface area contributed by atoms with Crippen LogP contribution in [0.2, 0.25) is 0 Å². The molecule has 6 aliphatic rings. The highest BCUT2D eigenvalue weighted by Gasteiger charge is 2.48. The normalized spacial score (nSPS) is 50.5. The number of fused-ring (bicyclic) bond motifs is 7. The lowest BCUT2D eigenvalue weighted by Gasteiger charge is -2.56. The molecule has 0 amide bonds. The minimum atomic E-state index is 0.566. The molecule has 2 saturated carbocycles. The van der Waals surface area contributed by atoms with Gasteiger partial charge in [0.1, 0.15) is 0 Å². The van der Waals surface area contributed by atoms with E-state index in [4.69, 9.17) is 0 Å². The molecule has 1 N–H and O–H groups in total. The molecular formula is C15H26N2. The van der Waals surface area contributed by atoms with E-state index in [0.717, 1.165) is 18.0 Å². The number of rotatable bonds is 1. The quantitative estimate of drug-likeness (QED) is 0.750. The van der Waals surface area contributed by atoms with Crippen molar-refractivity contribution in [1.29, 1.82) is 0 Å². The van der Waals surface area contributed by atoms with Gasteiger partial charge in [-0.25, -0.2) is 0 Å². The number of nitrogens with zero attached hydrogens (tertiary/aromatic N) is 1. The second-order valence-corrected chi connectivity index (χ2v) is 7.06. The van der Waals surface area contributed by atoms with Gasteiger partial charge in [-0.05, 0) is 57.3 Å². The first-order valence-electron chi connectivity index (χ1n) is 7.86. The SMILES string of the molecule is C1CC2CCC(N3CC4CCC3CC4)(C1)CN2. The minimum Gasteiger partial charge on any atom is -0.312 e. The lowest BCUT2D eigenvalue weighted by atomic mass is 9.74. The van der Waals surface area contributed by atoms with Crippen molar-refractivity contribution in [1.82, 2.24) is 10.2 Å². The van der Waals surface area contributed by atoms with Crippen LogP contribution in [0.4, 0.5) is 0 Å². The van der Waals surface area contributed by atoms with Crippen LogP contribution >= 0.6 is 0 Å². The first-order valence-corrected chi connectivity index (χ1v) is 7.86. The fourth-order valence-corrected chi connectivity index (χ4v) is 5.14. The van der Waals surface area contributed by atoms with Crippen molar-refractivity contribution in [2.45, 2.75) is 75.4 Å². The third-order valence-electron chi connectivity index (χ3n) is 6.19. The summed E-state index contributed by atoms with van der Waals surface area (Å²) in [5.41, 5.74) is 0.566. The number of nitrogens with one attached hydrogen (secondary N) is 1. The Hall–Kier alpha value is -0.0800. The van der Waals surface area contributed by atoms with Crippen LogP contribution in [-0.4, -0.2) is 35.6 Å². The van der Waals surface area contributed by atoms with E-state index in [2.05, 4.69) is 10.2 Å². The summed E-state index contributed by atoms with van der Waals surface area (Å²) in [4.78, 5) is 2.97. The van der Waals surface area contributed by atoms with Crippen molar-refractivity contribution in [3.63, 3.8) is 0 Å². The molecule has 17 heavy (non-hydrogen) atoms. The van der Waals surface area contributed by atoms with Gasteiger partial charge in [-0.15, -0.1) is 0 Å². The third-order valence-corrected chi connectivity index (χ3v) is 6.19. The van der Waals surface area contributed by atoms with E-state index in [0.29, 0.717) is 5.54 Å². The van der Waals surface area contributed by atoms with E-state index in [9.17, 15) is 0 Å². The van der Waals surface area contributed by atoms with Gasteiger partial charge in [-0.2, -0.15) is 0 Å². The molecule has 2 aliphatic carbocycles. The van der Waals surface area contributed by atoms with Gasteiger partial charge in [0, 0.05) is 30.7 Å². The summed E-state index contributed by atoms with van der Waals surface area (Å²) in [6.45, 7) is 2.72. The van der Waals surface area contributed by atoms with Gasteiger partial charge in [0.05, 0.1) is 0 Å². The topological polar surface area (TPSA) is 15.3 Å². The Morgan fingerprint density at radius 1 is 0.941 bits per heavy atom. The summed E-state index contributed by atoms with van der Waals surface area (Å²) < 4.78 is 0. The number of piperidine rings is 3. The van der Waals surface area contributed by atoms with Crippen LogP contribution in [0.1, 0.15) is 57.8 Å². The van der Waals surface area contributed by atoms with Crippen molar-refractivity contribution in [2.75, 3.05) is 13.1 Å². The molecule has 0 aromatic carbocycles. The van der Waals surface area contributed by atoms with Gasteiger partial charge in [-0.1, -0.05) is 6.42 Å². The largest absolute Gasteiger partial charge is 0.312 e. The van der Waals surface area contributed by atoms with Crippen LogP contribution < -0.4 is 5.32 Å². The van der Waals surface area contributed by atoms with Gasteiger partial charge in [-0.3, -0.25) is 4.90 Å². The summed E-state index contributed by atoms with van der Waals surface area (Å²) in [6, 6.07) is 1.80. The number of hydrogen-bond acceptors (Lipinski definition) is 2. The fourth-order valence-electron chi connectivity index (χ4n) is 5.14. The van der Waals surface area contributed by atoms with Crippen LogP contribution in [0.15, 0.2) is 0 Å². The Kier molecular flexibility index (Phi) is 2.52. The smallest absolute Gasteiger partial charge is 0.0337 e. The molecule has 0 radical (unpaired) electrons. The Morgan fingerprint density at radius 3 is 2.47 bits per heavy atom. The molecule has 4 saturated heterocycles. The lowest BCUT2D eigenvalue weighted by Crippen LogP contribution is -2.64. The first kappa shape index (κ1) is 10.8. The highest BCUT2D eigenvalue weighted by Crippen LogP contribution is 2.44. The maximum absolute atomic E-state index is 3.84. The fraction of sp³-hybridized carbons (Fsp3) is 1.00. The molecule has 2 atom stereocenters. The van der Waals surface area contributed by atoms with Crippen molar-refractivity contribution in [3.8, 4) is 0 Å². The van der Waals surface area contributed by atoms with Crippen LogP contribution in [0.25, 0.3) is 0 Å². The van der Waals surface area contributed by atoms with E-state index in [1.54, 1.807) is 0 Å². The average Bonchev–Trinajstić information content (AvgIpc) is 2.74. The summed E-state index contributed by atoms with van der Waals surface area (Å²) in [5, 5.41) is 3.84. The molecule has 0 aromatic heterocycles. The maximum Gasteiger partial charge on any atom is 0.0337 e. The van der Waals surface area contributed by atoms with Crippen LogP contribution in [-0.2, 0) is 0 Å². The molecule has 4 bridgehead atoms. The predicted molar refractivity (Wildman–Crippen MR) is 70.1 cm³/mol. The molecule has 2 heteroatoms. The molecular weight excluding hydrogens is 208 g/mol. The predicted octanol–water partition coefficient (Wildman–Crippen LogP) is 2.54. The second-order valence-electron chi connectivity index (χ2n) is 7.06. The van der Waals surface area contributed by atoms with Gasteiger partial charge in [0.15, 0.2) is 0 Å². The van der Waals surface area contributed by atoms with Crippen LogP contribution in [0.3, 0.4) is 0 Å². The lowest BCUT2D eigenvalue weighted by molar-refractivity contribution is -0.0531. The van der Waals surface area contributed by atoms with Crippen LogP contribution in [0, 0.1) is 5.92 Å². The molecule has 96 valence electrons. The molecule has 0 aromatic rings. The van der Waals surface area contributed by atoms with Gasteiger partial charge >= 0.3 is 0 Å². The Labute approximate surface area is 105 Å². The van der Waals surface area contributed by atoms with Crippen molar-refractivity contribution >= 4 is 0 Å². The first-order chi connectivity index (χ1) is 8.36. The van der Waals surface area contributed by atoms with E-state index >= 15 is 0 Å². The van der Waals surface area contributed by atoms with E-state index in [1.165, 1.54) is 70.9 Å². The molecule has 4 heterocycles. The minimum absolute atomic E-state index is 0.566. The summed E-state index contributed by atoms with van der Waals surface area (Å²) in [7, 11) is 0. The standard InChI is InChI=1S/C15H26N2/c1-2-13-7-9-15(8-1,11-16-13)17-10-12-3-5-14(17)6-4-12/h12-14,16H,1-11H2. The highest BCUT2D eigenvalue weighted by atomic mass is 15.3. The Morgan fingerprint density at radius 2 is 1.82 bits per heavy atom. The van der Waals surface area contributed by atoms with E-state index in [1.807, 2.05) is 0 Å². The Bertz CT molecular complexity index is 280. The van der Waals surface area contributed by atoms with Crippen molar-refractivity contribution in [2.24, 2.45) is 5.92 Å². The summed E-state index contributed by atoms with van der Waals surface area (Å²) in [5.74, 6) is 1.04. The van der Waals surface area contributed by atoms with Gasteiger partial charge in [0.25, 0.3) is 0 Å². The molecule has 2 unspecified atom stereocenters. The zero-order chi connectivity index (χ0) is 11.3. The summed E-state index contributed by atoms with van der Waals surface area (Å²) >= 11 is 0. The second kappa shape index (κ2) is 3.96. The van der Waals surface area contributed by atoms with Crippen molar-refractivity contribution < 1.29 is 0 Å². The average molecular weight is 234 g/mol. The molecule has 2 nitrogen and oxygen atoms in total. The molecule has 6 rings (SSSR count). The van der Waals surface area contributed by atoms with E-state index < -0.39 is 0 Å². The Balaban J connectivity index is 1.60. The van der Waals surface area contributed by atoms with Gasteiger partial charge in [0.2, 0.25) is 0 Å². The van der Waals surface area contributed by atoms with E-state index in [-0.39, 0.29) is 0 Å². The maximum atomic E-state index is 3.84.